The average molecular weight is 1010 g/mol. The van der Waals surface area contributed by atoms with Crippen molar-refractivity contribution in [2.24, 2.45) is 34.0 Å². The van der Waals surface area contributed by atoms with Crippen molar-refractivity contribution in [3.8, 4) is 0 Å². The first-order valence-electron chi connectivity index (χ1n) is 23.2. The molecule has 2 aromatic rings. The predicted octanol–water partition coefficient (Wildman–Crippen LogP) is -2.64. The van der Waals surface area contributed by atoms with Gasteiger partial charge >= 0.3 is 17.9 Å². The maximum absolute atomic E-state index is 14.1. The molecule has 0 saturated carbocycles. The molecule has 72 heavy (non-hydrogen) atoms. The largest absolute Gasteiger partial charge is 0.481 e. The summed E-state index contributed by atoms with van der Waals surface area (Å²) in [5.41, 5.74) is 17.6. The van der Waals surface area contributed by atoms with Crippen LogP contribution in [-0.2, 0) is 60.8 Å². The van der Waals surface area contributed by atoms with Crippen LogP contribution in [0.25, 0.3) is 0 Å². The highest BCUT2D eigenvalue weighted by Gasteiger charge is 2.36. The van der Waals surface area contributed by atoms with Gasteiger partial charge in [-0.05, 0) is 42.2 Å². The van der Waals surface area contributed by atoms with Crippen LogP contribution in [0.1, 0.15) is 77.3 Å². The van der Waals surface area contributed by atoms with Crippen LogP contribution >= 0.6 is 0 Å². The van der Waals surface area contributed by atoms with Crippen molar-refractivity contribution >= 4 is 65.2 Å². The Morgan fingerprint density at radius 3 is 1.39 bits per heavy atom. The number of nitrogens with zero attached hydrogens (tertiary/aromatic N) is 1. The van der Waals surface area contributed by atoms with E-state index in [-0.39, 0.29) is 56.9 Å². The first-order valence-corrected chi connectivity index (χ1v) is 23.2. The zero-order chi connectivity index (χ0) is 54.1. The summed E-state index contributed by atoms with van der Waals surface area (Å²) in [4.78, 5) is 135. The number of hydrogen-bond donors (Lipinski definition) is 14. The minimum absolute atomic E-state index is 0.00605. The number of amides is 7. The summed E-state index contributed by atoms with van der Waals surface area (Å²) < 4.78 is 0. The molecule has 0 saturated heterocycles. The lowest BCUT2D eigenvalue weighted by Crippen LogP contribution is -2.62. The zero-order valence-corrected chi connectivity index (χ0v) is 40.7. The normalized spacial score (nSPS) is 14.7. The fourth-order valence-corrected chi connectivity index (χ4v) is 7.04. The Hall–Kier alpha value is -7.67. The molecule has 0 aliphatic rings. The van der Waals surface area contributed by atoms with E-state index in [1.54, 1.807) is 74.5 Å². The number of hydrogen-bond acceptors (Lipinski definition) is 13. The second-order valence-electron chi connectivity index (χ2n) is 17.5. The number of carbonyl (C=O) groups excluding carboxylic acids is 7. The van der Waals surface area contributed by atoms with E-state index in [0.717, 1.165) is 0 Å². The Bertz CT molecular complexity index is 2190. The Labute approximate surface area is 416 Å². The van der Waals surface area contributed by atoms with E-state index in [9.17, 15) is 68.4 Å². The van der Waals surface area contributed by atoms with Crippen molar-refractivity contribution in [3.63, 3.8) is 0 Å². The lowest BCUT2D eigenvalue weighted by atomic mass is 9.96. The van der Waals surface area contributed by atoms with Crippen molar-refractivity contribution in [2.45, 2.75) is 127 Å². The predicted molar refractivity (Wildman–Crippen MR) is 260 cm³/mol. The van der Waals surface area contributed by atoms with Gasteiger partial charge in [0.1, 0.15) is 42.3 Å². The Morgan fingerprint density at radius 1 is 0.556 bits per heavy atom. The van der Waals surface area contributed by atoms with E-state index in [1.165, 1.54) is 0 Å². The second kappa shape index (κ2) is 30.8. The van der Waals surface area contributed by atoms with Gasteiger partial charge in [0.15, 0.2) is 5.96 Å². The van der Waals surface area contributed by atoms with Crippen molar-refractivity contribution in [2.75, 3.05) is 13.2 Å². The molecular formula is C47H69N11O14. The van der Waals surface area contributed by atoms with Gasteiger partial charge < -0.3 is 74.8 Å². The van der Waals surface area contributed by atoms with Crippen LogP contribution in [0.4, 0.5) is 0 Å². The molecule has 2 aromatic carbocycles. The molecule has 0 radical (unpaired) electrons. The van der Waals surface area contributed by atoms with Gasteiger partial charge in [0.25, 0.3) is 0 Å². The van der Waals surface area contributed by atoms with Gasteiger partial charge in [-0.25, -0.2) is 4.79 Å². The first-order chi connectivity index (χ1) is 33.9. The topological polar surface area (TPSA) is 426 Å². The molecule has 25 nitrogen and oxygen atoms in total. The van der Waals surface area contributed by atoms with Gasteiger partial charge in [-0.3, -0.25) is 48.1 Å². The molecule has 9 atom stereocenters. The van der Waals surface area contributed by atoms with E-state index in [1.807, 2.05) is 13.8 Å². The molecule has 2 rings (SSSR count). The molecule has 0 aliphatic carbocycles. The summed E-state index contributed by atoms with van der Waals surface area (Å²) in [7, 11) is 0. The van der Waals surface area contributed by atoms with Gasteiger partial charge in [0.2, 0.25) is 41.4 Å². The number of carbonyl (C=O) groups is 10. The van der Waals surface area contributed by atoms with Crippen LogP contribution in [0.3, 0.4) is 0 Å². The van der Waals surface area contributed by atoms with Crippen molar-refractivity contribution < 1.29 is 68.4 Å². The summed E-state index contributed by atoms with van der Waals surface area (Å²) >= 11 is 0. The smallest absolute Gasteiger partial charge is 0.326 e. The highest BCUT2D eigenvalue weighted by Crippen LogP contribution is 2.13. The van der Waals surface area contributed by atoms with Crippen LogP contribution in [0, 0.1) is 11.8 Å². The summed E-state index contributed by atoms with van der Waals surface area (Å²) in [6.45, 7) is 5.85. The summed E-state index contributed by atoms with van der Waals surface area (Å²) in [5.74, 6) is -12.6. The highest BCUT2D eigenvalue weighted by atomic mass is 16.4. The molecule has 0 aliphatic heterocycles. The highest BCUT2D eigenvalue weighted by molar-refractivity contribution is 5.99. The molecule has 0 spiro atoms. The number of nitrogens with one attached hydrogen (secondary N) is 7. The van der Waals surface area contributed by atoms with E-state index >= 15 is 0 Å². The van der Waals surface area contributed by atoms with E-state index in [0.29, 0.717) is 11.1 Å². The number of aliphatic carboxylic acids is 3. The van der Waals surface area contributed by atoms with Gasteiger partial charge in [0.05, 0.1) is 25.5 Å². The molecular weight excluding hydrogens is 943 g/mol. The number of rotatable bonds is 32. The van der Waals surface area contributed by atoms with Crippen LogP contribution in [-0.4, -0.2) is 147 Å². The number of aliphatic hydroxyl groups is 1. The fourth-order valence-electron chi connectivity index (χ4n) is 7.04. The Balaban J connectivity index is 2.41. The maximum Gasteiger partial charge on any atom is 0.326 e. The third-order valence-electron chi connectivity index (χ3n) is 11.1. The zero-order valence-electron chi connectivity index (χ0n) is 40.7. The van der Waals surface area contributed by atoms with E-state index in [4.69, 9.17) is 17.2 Å². The molecule has 25 heteroatoms. The minimum Gasteiger partial charge on any atom is -0.481 e. The van der Waals surface area contributed by atoms with Crippen LogP contribution < -0.4 is 54.4 Å². The lowest BCUT2D eigenvalue weighted by molar-refractivity contribution is -0.143. The van der Waals surface area contributed by atoms with Gasteiger partial charge in [-0.15, -0.1) is 0 Å². The molecule has 396 valence electrons. The van der Waals surface area contributed by atoms with Gasteiger partial charge in [0, 0.05) is 19.4 Å². The molecule has 0 heterocycles. The molecule has 0 fully saturated rings. The van der Waals surface area contributed by atoms with E-state index < -0.39 is 133 Å². The maximum atomic E-state index is 14.1. The van der Waals surface area contributed by atoms with Gasteiger partial charge in [-0.2, -0.15) is 0 Å². The Morgan fingerprint density at radius 2 is 0.958 bits per heavy atom. The number of nitrogens with two attached hydrogens (primary N) is 3. The third kappa shape index (κ3) is 22.0. The standard InChI is InChI=1S/C47H69N11O14/c1-5-26(4)38(58-43(68)34(23-37(62)63)53-39(64)29(48)19-25(2)3)45(70)56-32(21-28-15-10-7-11-16-28)41(66)57-35(24-59)44(69)55-33(22-36(60)61)42(67)54-31(20-27-13-8-6-9-14-27)40(65)52-30(46(71)72)17-12-18-51-47(49)50/h6-11,13-16,25-26,29-35,38,59H,5,12,17-24,48H2,1-4H3,(H,52,65)(H,53,64)(H,54,67)(H,55,69)(H,56,70)(H,57,66)(H,58,68)(H,60,61)(H,62,63)(H,71,72)(H4,49,50,51)/t26-,29-,30-,31-,32-,33-,34-,35-,38-/m0/s1. The lowest BCUT2D eigenvalue weighted by Gasteiger charge is -2.29. The number of guanidine groups is 1. The number of carboxylic acid groups (broad SMARTS) is 3. The van der Waals surface area contributed by atoms with Crippen LogP contribution in [0.2, 0.25) is 0 Å². The quantitative estimate of drug-likeness (QED) is 0.0202. The second-order valence-corrected chi connectivity index (χ2v) is 17.5. The molecule has 0 unspecified atom stereocenters. The van der Waals surface area contributed by atoms with Crippen molar-refractivity contribution in [3.05, 3.63) is 71.8 Å². The number of benzene rings is 2. The summed E-state index contributed by atoms with van der Waals surface area (Å²) in [6.07, 6.45) is -1.84. The summed E-state index contributed by atoms with van der Waals surface area (Å²) in [6, 6.07) is 3.91. The van der Waals surface area contributed by atoms with Crippen molar-refractivity contribution in [1.82, 2.24) is 37.2 Å². The number of aliphatic imine (C=N–C) groups is 1. The minimum atomic E-state index is -1.94. The van der Waals surface area contributed by atoms with Crippen molar-refractivity contribution in [1.29, 1.82) is 0 Å². The van der Waals surface area contributed by atoms with Gasteiger partial charge in [-0.1, -0.05) is 94.8 Å². The van der Waals surface area contributed by atoms with Crippen LogP contribution in [0.15, 0.2) is 65.7 Å². The SMILES string of the molecule is CC[C@H](C)[C@H](NC(=O)[C@H](CC(=O)O)NC(=O)[C@@H](N)CC(C)C)C(=O)N[C@@H](Cc1ccccc1)C(=O)N[C@@H](CO)C(=O)N[C@@H](CC(=O)O)C(=O)N[C@@H](Cc1ccccc1)C(=O)N[C@@H](CCCN=C(N)N)C(=O)O. The number of carboxylic acids is 3. The molecule has 7 amide bonds. The first kappa shape index (κ1) is 60.5. The molecule has 17 N–H and O–H groups in total. The summed E-state index contributed by atoms with van der Waals surface area (Å²) in [5, 5.41) is 56.1. The monoisotopic (exact) mass is 1010 g/mol. The van der Waals surface area contributed by atoms with E-state index in [2.05, 4.69) is 42.2 Å². The average Bonchev–Trinajstić information content (AvgIpc) is 3.31. The Kier molecular flexibility index (Phi) is 25.9. The molecule has 0 bridgehead atoms. The number of aliphatic hydroxyl groups excluding tert-OH is 1. The third-order valence-corrected chi connectivity index (χ3v) is 11.1. The molecule has 0 aromatic heterocycles. The van der Waals surface area contributed by atoms with Crippen LogP contribution in [0.5, 0.6) is 0 Å². The fraction of sp³-hybridized carbons (Fsp3) is 0.511.